The Labute approximate surface area is 125 Å². The topological polar surface area (TPSA) is 62.8 Å². The van der Waals surface area contributed by atoms with Crippen molar-refractivity contribution in [2.75, 3.05) is 5.73 Å². The van der Waals surface area contributed by atoms with Crippen molar-refractivity contribution in [2.24, 2.45) is 0 Å². The van der Waals surface area contributed by atoms with Gasteiger partial charge in [0.1, 0.15) is 5.82 Å². The van der Waals surface area contributed by atoms with Crippen LogP contribution >= 0.6 is 0 Å². The second kappa shape index (κ2) is 7.02. The molecule has 7 heteroatoms. The first kappa shape index (κ1) is 17.6. The average molecular weight is 313 g/mol. The second-order valence-electron chi connectivity index (χ2n) is 4.10. The summed E-state index contributed by atoms with van der Waals surface area (Å²) in [6.45, 7) is 5.45. The lowest BCUT2D eigenvalue weighted by Crippen LogP contribution is -2.05. The molecule has 0 saturated heterocycles. The van der Waals surface area contributed by atoms with Crippen molar-refractivity contribution in [1.82, 2.24) is 4.98 Å². The minimum atomic E-state index is -1.55. The van der Waals surface area contributed by atoms with Gasteiger partial charge in [0.05, 0.1) is 11.3 Å². The number of aromatic nitrogens is 1. The molecule has 22 heavy (non-hydrogen) atoms. The summed E-state index contributed by atoms with van der Waals surface area (Å²) in [5, 5.41) is 7.42. The fourth-order valence-electron chi connectivity index (χ4n) is 1.73. The zero-order chi connectivity index (χ0) is 17.0. The number of rotatable bonds is 2. The predicted octanol–water partition coefficient (Wildman–Crippen LogP) is 4.30. The van der Waals surface area contributed by atoms with Gasteiger partial charge in [0.25, 0.3) is 0 Å². The van der Waals surface area contributed by atoms with Crippen molar-refractivity contribution >= 4 is 11.5 Å². The summed E-state index contributed by atoms with van der Waals surface area (Å²) in [5.74, 6) is -6.29. The summed E-state index contributed by atoms with van der Waals surface area (Å²) in [5.41, 5.74) is 4.65. The van der Waals surface area contributed by atoms with Crippen LogP contribution in [0.3, 0.4) is 0 Å². The van der Waals surface area contributed by atoms with Gasteiger partial charge < -0.3 is 11.1 Å². The first-order chi connectivity index (χ1) is 10.3. The van der Waals surface area contributed by atoms with Crippen molar-refractivity contribution in [1.29, 1.82) is 5.41 Å². The maximum absolute atomic E-state index is 13.6. The molecular formula is C15H15F4N3. The molecule has 0 saturated carbocycles. The molecule has 3 nitrogen and oxygen atoms in total. The molecule has 118 valence electrons. The molecular weight excluding hydrogens is 298 g/mol. The van der Waals surface area contributed by atoms with Crippen molar-refractivity contribution in [3.05, 3.63) is 47.0 Å². The van der Waals surface area contributed by atoms with Crippen LogP contribution in [0.1, 0.15) is 26.3 Å². The SMILES string of the molecule is CC.CC(=N)c1ccc(-c2c(F)c(F)cc(F)c2F)nc1N. The van der Waals surface area contributed by atoms with Crippen LogP contribution in [0.2, 0.25) is 0 Å². The van der Waals surface area contributed by atoms with Gasteiger partial charge in [-0.1, -0.05) is 13.8 Å². The summed E-state index contributed by atoms with van der Waals surface area (Å²) in [6.07, 6.45) is 0. The highest BCUT2D eigenvalue weighted by Gasteiger charge is 2.22. The van der Waals surface area contributed by atoms with Gasteiger partial charge >= 0.3 is 0 Å². The summed E-state index contributed by atoms with van der Waals surface area (Å²) >= 11 is 0. The van der Waals surface area contributed by atoms with Gasteiger partial charge in [-0.2, -0.15) is 0 Å². The zero-order valence-electron chi connectivity index (χ0n) is 12.3. The van der Waals surface area contributed by atoms with E-state index in [1.165, 1.54) is 13.0 Å². The minimum absolute atomic E-state index is 0.105. The minimum Gasteiger partial charge on any atom is -0.383 e. The molecule has 2 rings (SSSR count). The van der Waals surface area contributed by atoms with E-state index in [1.54, 1.807) is 0 Å². The molecule has 2 aromatic rings. The smallest absolute Gasteiger partial charge is 0.171 e. The number of nitrogens with two attached hydrogens (primary N) is 1. The van der Waals surface area contributed by atoms with Crippen LogP contribution in [0, 0.1) is 28.7 Å². The number of pyridine rings is 1. The Morgan fingerprint density at radius 3 is 1.95 bits per heavy atom. The summed E-state index contributed by atoms with van der Waals surface area (Å²) < 4.78 is 53.5. The van der Waals surface area contributed by atoms with E-state index in [2.05, 4.69) is 4.98 Å². The lowest BCUT2D eigenvalue weighted by atomic mass is 10.1. The lowest BCUT2D eigenvalue weighted by molar-refractivity contribution is 0.458. The third-order valence-electron chi connectivity index (χ3n) is 2.70. The first-order valence-electron chi connectivity index (χ1n) is 6.48. The number of nitrogen functional groups attached to an aromatic ring is 1. The van der Waals surface area contributed by atoms with Crippen molar-refractivity contribution in [3.8, 4) is 11.3 Å². The van der Waals surface area contributed by atoms with Crippen LogP contribution in [0.4, 0.5) is 23.4 Å². The Balaban J connectivity index is 0.00000116. The number of hydrogen-bond donors (Lipinski definition) is 2. The molecule has 0 radical (unpaired) electrons. The molecule has 0 aliphatic heterocycles. The van der Waals surface area contributed by atoms with E-state index >= 15 is 0 Å². The normalized spacial score (nSPS) is 9.95. The maximum atomic E-state index is 13.6. The maximum Gasteiger partial charge on any atom is 0.171 e. The summed E-state index contributed by atoms with van der Waals surface area (Å²) in [7, 11) is 0. The molecule has 1 aromatic heterocycles. The Bertz CT molecular complexity index is 688. The van der Waals surface area contributed by atoms with Gasteiger partial charge in [-0.3, -0.25) is 0 Å². The molecule has 0 unspecified atom stereocenters. The quantitative estimate of drug-likeness (QED) is 0.493. The monoisotopic (exact) mass is 313 g/mol. The lowest BCUT2D eigenvalue weighted by Gasteiger charge is -2.09. The van der Waals surface area contributed by atoms with Crippen molar-refractivity contribution in [3.63, 3.8) is 0 Å². The average Bonchev–Trinajstić information content (AvgIpc) is 2.47. The van der Waals surface area contributed by atoms with Gasteiger partial charge in [-0.25, -0.2) is 22.5 Å². The Hall–Kier alpha value is -2.44. The van der Waals surface area contributed by atoms with E-state index in [1.807, 2.05) is 13.8 Å². The largest absolute Gasteiger partial charge is 0.383 e. The van der Waals surface area contributed by atoms with Gasteiger partial charge in [0.15, 0.2) is 23.3 Å². The molecule has 1 aromatic carbocycles. The van der Waals surface area contributed by atoms with E-state index < -0.39 is 28.8 Å². The highest BCUT2D eigenvalue weighted by Crippen LogP contribution is 2.29. The molecule has 0 aliphatic carbocycles. The van der Waals surface area contributed by atoms with Crippen LogP contribution < -0.4 is 5.73 Å². The molecule has 0 spiro atoms. The molecule has 0 amide bonds. The van der Waals surface area contributed by atoms with Crippen LogP contribution in [-0.2, 0) is 0 Å². The van der Waals surface area contributed by atoms with E-state index in [9.17, 15) is 17.6 Å². The number of nitrogens with one attached hydrogen (secondary N) is 1. The number of halogens is 4. The Kier molecular flexibility index (Phi) is 5.62. The predicted molar refractivity (Wildman–Crippen MR) is 77.8 cm³/mol. The standard InChI is InChI=1S/C13H9F4N3.C2H6/c1-5(18)6-2-3-9(20-13(6)19)10-11(16)7(14)4-8(15)12(10)17;1-2/h2-4,18H,1H3,(H2,19,20);1-2H3. The number of benzene rings is 1. The van der Waals surface area contributed by atoms with Gasteiger partial charge in [-0.05, 0) is 19.1 Å². The summed E-state index contributed by atoms with van der Waals surface area (Å²) in [4.78, 5) is 3.69. The Morgan fingerprint density at radius 2 is 1.55 bits per heavy atom. The van der Waals surface area contributed by atoms with Crippen molar-refractivity contribution < 1.29 is 17.6 Å². The van der Waals surface area contributed by atoms with Crippen LogP contribution in [-0.4, -0.2) is 10.7 Å². The molecule has 0 fully saturated rings. The van der Waals surface area contributed by atoms with Gasteiger partial charge in [-0.15, -0.1) is 0 Å². The van der Waals surface area contributed by atoms with Crippen LogP contribution in [0.25, 0.3) is 11.3 Å². The van der Waals surface area contributed by atoms with Crippen LogP contribution in [0.15, 0.2) is 18.2 Å². The third kappa shape index (κ3) is 3.24. The Morgan fingerprint density at radius 1 is 1.05 bits per heavy atom. The zero-order valence-corrected chi connectivity index (χ0v) is 12.3. The number of anilines is 1. The molecule has 1 heterocycles. The highest BCUT2D eigenvalue weighted by atomic mass is 19.2. The second-order valence-corrected chi connectivity index (χ2v) is 4.10. The molecule has 0 atom stereocenters. The summed E-state index contributed by atoms with van der Waals surface area (Å²) in [6, 6.07) is 2.57. The van der Waals surface area contributed by atoms with E-state index in [0.717, 1.165) is 6.07 Å². The first-order valence-corrected chi connectivity index (χ1v) is 6.48. The highest BCUT2D eigenvalue weighted by molar-refractivity contribution is 6.00. The van der Waals surface area contributed by atoms with Crippen LogP contribution in [0.5, 0.6) is 0 Å². The van der Waals surface area contributed by atoms with Gasteiger partial charge in [0, 0.05) is 17.3 Å². The molecule has 0 bridgehead atoms. The van der Waals surface area contributed by atoms with Gasteiger partial charge in [0.2, 0.25) is 0 Å². The van der Waals surface area contributed by atoms with E-state index in [0.29, 0.717) is 0 Å². The number of nitrogens with zero attached hydrogens (tertiary/aromatic N) is 1. The van der Waals surface area contributed by atoms with E-state index in [4.69, 9.17) is 11.1 Å². The van der Waals surface area contributed by atoms with Crippen molar-refractivity contribution in [2.45, 2.75) is 20.8 Å². The van der Waals surface area contributed by atoms with E-state index in [-0.39, 0.29) is 28.9 Å². The third-order valence-corrected chi connectivity index (χ3v) is 2.70. The molecule has 3 N–H and O–H groups in total. The fourth-order valence-corrected chi connectivity index (χ4v) is 1.73. The fraction of sp³-hybridized carbons (Fsp3) is 0.200. The molecule has 0 aliphatic rings. The number of hydrogen-bond acceptors (Lipinski definition) is 3.